The molecule has 3 aliphatic rings. The Hall–Kier alpha value is -2.53. The molecule has 0 spiro atoms. The number of nitro benzene ring substituents is 1. The Morgan fingerprint density at radius 3 is 2.75 bits per heavy atom. The Balaban J connectivity index is 1.35. The SMILES string of the molecule is O=[N+]([O-])c1ccc(Cl)c(C2Nc3ccc(OCCC4CCCCC4)cc3C3C=CCC32)c1. The molecule has 1 fully saturated rings. The lowest BCUT2D eigenvalue weighted by atomic mass is 9.77. The molecule has 1 N–H and O–H groups in total. The first-order chi connectivity index (χ1) is 15.6. The lowest BCUT2D eigenvalue weighted by Crippen LogP contribution is -2.29. The van der Waals surface area contributed by atoms with Gasteiger partial charge in [-0.15, -0.1) is 0 Å². The predicted octanol–water partition coefficient (Wildman–Crippen LogP) is 7.42. The van der Waals surface area contributed by atoms with Crippen molar-refractivity contribution in [1.29, 1.82) is 0 Å². The van der Waals surface area contributed by atoms with E-state index in [-0.39, 0.29) is 28.5 Å². The fraction of sp³-hybridized carbons (Fsp3) is 0.462. The number of ether oxygens (including phenoxy) is 1. The Morgan fingerprint density at radius 2 is 1.94 bits per heavy atom. The summed E-state index contributed by atoms with van der Waals surface area (Å²) >= 11 is 6.50. The molecule has 0 aromatic heterocycles. The fourth-order valence-electron chi connectivity index (χ4n) is 5.67. The first-order valence-corrected chi connectivity index (χ1v) is 12.1. The molecule has 0 saturated heterocycles. The zero-order valence-corrected chi connectivity index (χ0v) is 18.9. The summed E-state index contributed by atoms with van der Waals surface area (Å²) in [5.74, 6) is 2.24. The molecule has 32 heavy (non-hydrogen) atoms. The molecular weight excluding hydrogens is 424 g/mol. The van der Waals surface area contributed by atoms with Gasteiger partial charge in [-0.1, -0.05) is 55.9 Å². The second kappa shape index (κ2) is 9.14. The summed E-state index contributed by atoms with van der Waals surface area (Å²) in [7, 11) is 0. The lowest BCUT2D eigenvalue weighted by Gasteiger charge is -2.38. The van der Waals surface area contributed by atoms with Crippen molar-refractivity contribution in [2.45, 2.75) is 56.9 Å². The maximum Gasteiger partial charge on any atom is 0.269 e. The molecular formula is C26H29ClN2O3. The molecule has 2 aromatic carbocycles. The average molecular weight is 453 g/mol. The first-order valence-electron chi connectivity index (χ1n) is 11.7. The van der Waals surface area contributed by atoms with Crippen molar-refractivity contribution in [3.05, 3.63) is 74.8 Å². The highest BCUT2D eigenvalue weighted by atomic mass is 35.5. The molecule has 0 amide bonds. The average Bonchev–Trinajstić information content (AvgIpc) is 3.30. The second-order valence-corrected chi connectivity index (χ2v) is 9.74. The molecule has 2 aromatic rings. The van der Waals surface area contributed by atoms with Crippen LogP contribution in [0.3, 0.4) is 0 Å². The number of nitrogens with zero attached hydrogens (tertiary/aromatic N) is 1. The Morgan fingerprint density at radius 1 is 1.09 bits per heavy atom. The fourth-order valence-corrected chi connectivity index (χ4v) is 5.91. The highest BCUT2D eigenvalue weighted by molar-refractivity contribution is 6.31. The van der Waals surface area contributed by atoms with Gasteiger partial charge in [0.25, 0.3) is 5.69 Å². The first kappa shape index (κ1) is 21.3. The number of benzene rings is 2. The van der Waals surface area contributed by atoms with Crippen molar-refractivity contribution in [3.63, 3.8) is 0 Å². The molecule has 1 heterocycles. The van der Waals surface area contributed by atoms with Gasteiger partial charge in [0.15, 0.2) is 0 Å². The summed E-state index contributed by atoms with van der Waals surface area (Å²) in [6, 6.07) is 10.9. The standard InChI is InChI=1S/C26H29ClN2O3/c27-24-11-9-18(29(30)31)15-23(24)26-21-8-4-7-20(21)22-16-19(10-12-25(22)28-26)32-14-13-17-5-2-1-3-6-17/h4,7,9-12,15-17,20-21,26,28H,1-3,5-6,8,13-14H2. The summed E-state index contributed by atoms with van der Waals surface area (Å²) in [6.07, 6.45) is 13.3. The van der Waals surface area contributed by atoms with E-state index >= 15 is 0 Å². The zero-order valence-electron chi connectivity index (χ0n) is 18.1. The molecule has 168 valence electrons. The maximum atomic E-state index is 11.3. The molecule has 3 atom stereocenters. The van der Waals surface area contributed by atoms with Crippen LogP contribution in [0.1, 0.15) is 68.0 Å². The highest BCUT2D eigenvalue weighted by Gasteiger charge is 2.39. The van der Waals surface area contributed by atoms with Crippen LogP contribution < -0.4 is 10.1 Å². The van der Waals surface area contributed by atoms with Crippen molar-refractivity contribution in [2.75, 3.05) is 11.9 Å². The number of halogens is 1. The summed E-state index contributed by atoms with van der Waals surface area (Å²) in [6.45, 7) is 0.771. The van der Waals surface area contributed by atoms with Crippen LogP contribution in [0.4, 0.5) is 11.4 Å². The van der Waals surface area contributed by atoms with Crippen molar-refractivity contribution < 1.29 is 9.66 Å². The number of nitro groups is 1. The van der Waals surface area contributed by atoms with Crippen molar-refractivity contribution in [2.24, 2.45) is 11.8 Å². The van der Waals surface area contributed by atoms with E-state index in [0.29, 0.717) is 5.02 Å². The van der Waals surface area contributed by atoms with Crippen LogP contribution in [0.2, 0.25) is 5.02 Å². The third kappa shape index (κ3) is 4.23. The van der Waals surface area contributed by atoms with Crippen LogP contribution in [-0.4, -0.2) is 11.5 Å². The van der Waals surface area contributed by atoms with Gasteiger partial charge >= 0.3 is 0 Å². The Labute approximate surface area is 194 Å². The Kier molecular flexibility index (Phi) is 6.09. The van der Waals surface area contributed by atoms with Gasteiger partial charge in [-0.2, -0.15) is 0 Å². The van der Waals surface area contributed by atoms with Gasteiger partial charge in [0.2, 0.25) is 0 Å². The summed E-state index contributed by atoms with van der Waals surface area (Å²) in [4.78, 5) is 11.0. The number of allylic oxidation sites excluding steroid dienone is 2. The number of anilines is 1. The largest absolute Gasteiger partial charge is 0.494 e. The molecule has 6 heteroatoms. The third-order valence-electron chi connectivity index (χ3n) is 7.38. The van der Waals surface area contributed by atoms with E-state index in [0.717, 1.165) is 42.4 Å². The van der Waals surface area contributed by atoms with Crippen LogP contribution in [0, 0.1) is 22.0 Å². The monoisotopic (exact) mass is 452 g/mol. The van der Waals surface area contributed by atoms with Crippen molar-refractivity contribution in [3.8, 4) is 5.75 Å². The molecule has 0 radical (unpaired) electrons. The molecule has 1 aliphatic heterocycles. The van der Waals surface area contributed by atoms with Crippen LogP contribution in [0.25, 0.3) is 0 Å². The predicted molar refractivity (Wildman–Crippen MR) is 128 cm³/mol. The number of non-ortho nitro benzene ring substituents is 1. The van der Waals surface area contributed by atoms with Crippen molar-refractivity contribution >= 4 is 23.0 Å². The second-order valence-electron chi connectivity index (χ2n) is 9.33. The minimum atomic E-state index is -0.363. The number of nitrogens with one attached hydrogen (secondary N) is 1. The highest BCUT2D eigenvalue weighted by Crippen LogP contribution is 2.51. The summed E-state index contributed by atoms with van der Waals surface area (Å²) < 4.78 is 6.15. The Bertz CT molecular complexity index is 1030. The van der Waals surface area contributed by atoms with Crippen molar-refractivity contribution in [1.82, 2.24) is 0 Å². The van der Waals surface area contributed by atoms with E-state index in [1.165, 1.54) is 43.7 Å². The minimum absolute atomic E-state index is 0.0706. The quantitative estimate of drug-likeness (QED) is 0.281. The topological polar surface area (TPSA) is 64.4 Å². The number of hydrogen-bond donors (Lipinski definition) is 1. The molecule has 5 nitrogen and oxygen atoms in total. The van der Waals surface area contributed by atoms with Gasteiger partial charge in [0.1, 0.15) is 5.75 Å². The molecule has 1 saturated carbocycles. The smallest absolute Gasteiger partial charge is 0.269 e. The van der Waals surface area contributed by atoms with Gasteiger partial charge in [-0.25, -0.2) is 0 Å². The molecule has 5 rings (SSSR count). The zero-order chi connectivity index (χ0) is 22.1. The van der Waals surface area contributed by atoms with Gasteiger partial charge in [-0.05, 0) is 54.5 Å². The van der Waals surface area contributed by atoms with Gasteiger partial charge in [-0.3, -0.25) is 10.1 Å². The van der Waals surface area contributed by atoms with Crippen LogP contribution in [0.5, 0.6) is 5.75 Å². The normalized spacial score (nSPS) is 24.5. The van der Waals surface area contributed by atoms with E-state index in [9.17, 15) is 10.1 Å². The van der Waals surface area contributed by atoms with Crippen LogP contribution in [0.15, 0.2) is 48.6 Å². The van der Waals surface area contributed by atoms with Gasteiger partial charge < -0.3 is 10.1 Å². The molecule has 2 aliphatic carbocycles. The molecule has 3 unspecified atom stereocenters. The number of hydrogen-bond acceptors (Lipinski definition) is 4. The van der Waals surface area contributed by atoms with Gasteiger partial charge in [0.05, 0.1) is 17.6 Å². The lowest BCUT2D eigenvalue weighted by molar-refractivity contribution is -0.384. The van der Waals surface area contributed by atoms with E-state index in [4.69, 9.17) is 16.3 Å². The third-order valence-corrected chi connectivity index (χ3v) is 7.72. The van der Waals surface area contributed by atoms with Crippen LogP contribution in [-0.2, 0) is 0 Å². The number of rotatable bonds is 6. The molecule has 0 bridgehead atoms. The van der Waals surface area contributed by atoms with E-state index in [1.807, 2.05) is 6.07 Å². The van der Waals surface area contributed by atoms with Gasteiger partial charge in [0, 0.05) is 34.3 Å². The summed E-state index contributed by atoms with van der Waals surface area (Å²) in [5, 5.41) is 15.5. The minimum Gasteiger partial charge on any atom is -0.494 e. The summed E-state index contributed by atoms with van der Waals surface area (Å²) in [5.41, 5.74) is 3.14. The van der Waals surface area contributed by atoms with E-state index < -0.39 is 0 Å². The maximum absolute atomic E-state index is 11.3. The van der Waals surface area contributed by atoms with E-state index in [2.05, 4.69) is 29.6 Å². The number of fused-ring (bicyclic) bond motifs is 3. The van der Waals surface area contributed by atoms with E-state index in [1.54, 1.807) is 12.1 Å². The van der Waals surface area contributed by atoms with Crippen LogP contribution >= 0.6 is 11.6 Å².